The Morgan fingerprint density at radius 2 is 1.89 bits per heavy atom. The van der Waals surface area contributed by atoms with Gasteiger partial charge < -0.3 is 10.2 Å². The maximum Gasteiger partial charge on any atom is 0.296 e. The van der Waals surface area contributed by atoms with Crippen LogP contribution in [0.25, 0.3) is 0 Å². The second-order valence-electron chi connectivity index (χ2n) is 4.95. The molecule has 0 unspecified atom stereocenters. The van der Waals surface area contributed by atoms with Gasteiger partial charge in [-0.3, -0.25) is 4.72 Å². The summed E-state index contributed by atoms with van der Waals surface area (Å²) >= 11 is 0. The van der Waals surface area contributed by atoms with Gasteiger partial charge in [-0.1, -0.05) is 6.07 Å². The van der Waals surface area contributed by atoms with Crippen molar-refractivity contribution in [2.24, 2.45) is 5.14 Å². The molecule has 7 heteroatoms. The highest BCUT2D eigenvalue weighted by atomic mass is 32.2. The van der Waals surface area contributed by atoms with Crippen LogP contribution in [0.15, 0.2) is 24.3 Å². The van der Waals surface area contributed by atoms with E-state index in [2.05, 4.69) is 22.0 Å². The third-order valence-corrected chi connectivity index (χ3v) is 3.73. The van der Waals surface area contributed by atoms with Gasteiger partial charge in [0.2, 0.25) is 0 Å². The molecule has 0 atom stereocenters. The Morgan fingerprint density at radius 1 is 1.26 bits per heavy atom. The number of piperidine rings is 1. The van der Waals surface area contributed by atoms with Crippen LogP contribution in [0.3, 0.4) is 0 Å². The number of rotatable bonds is 4. The first-order valence-corrected chi connectivity index (χ1v) is 7.83. The zero-order valence-electron chi connectivity index (χ0n) is 11.0. The molecule has 1 fully saturated rings. The Hall–Kier alpha value is -1.31. The van der Waals surface area contributed by atoms with E-state index in [1.54, 1.807) is 18.2 Å². The van der Waals surface area contributed by atoms with Crippen molar-refractivity contribution in [3.8, 4) is 0 Å². The fourth-order valence-electron chi connectivity index (χ4n) is 2.23. The minimum absolute atomic E-state index is 0.431. The summed E-state index contributed by atoms with van der Waals surface area (Å²) in [7, 11) is -1.60. The molecule has 0 amide bonds. The first-order chi connectivity index (χ1) is 8.92. The second-order valence-corrected chi connectivity index (χ2v) is 6.24. The van der Waals surface area contributed by atoms with Crippen molar-refractivity contribution in [1.29, 1.82) is 0 Å². The molecule has 4 N–H and O–H groups in total. The van der Waals surface area contributed by atoms with Crippen LogP contribution in [0.5, 0.6) is 0 Å². The molecule has 19 heavy (non-hydrogen) atoms. The number of likely N-dealkylation sites (tertiary alicyclic amines) is 1. The maximum atomic E-state index is 11.0. The zero-order chi connectivity index (χ0) is 13.9. The van der Waals surface area contributed by atoms with E-state index in [0.717, 1.165) is 31.6 Å². The monoisotopic (exact) mass is 284 g/mol. The molecule has 1 aromatic carbocycles. The normalized spacial score (nSPS) is 18.2. The third-order valence-electron chi connectivity index (χ3n) is 3.21. The summed E-state index contributed by atoms with van der Waals surface area (Å²) < 4.78 is 24.2. The predicted molar refractivity (Wildman–Crippen MR) is 77.3 cm³/mol. The molecule has 1 aliphatic rings. The van der Waals surface area contributed by atoms with E-state index < -0.39 is 10.2 Å². The van der Waals surface area contributed by atoms with Crippen molar-refractivity contribution in [2.45, 2.75) is 18.9 Å². The van der Waals surface area contributed by atoms with Crippen molar-refractivity contribution >= 4 is 21.6 Å². The average molecular weight is 284 g/mol. The van der Waals surface area contributed by atoms with Crippen LogP contribution in [-0.2, 0) is 10.2 Å². The van der Waals surface area contributed by atoms with Gasteiger partial charge in [0.25, 0.3) is 10.2 Å². The van der Waals surface area contributed by atoms with Crippen molar-refractivity contribution in [3.05, 3.63) is 24.3 Å². The summed E-state index contributed by atoms with van der Waals surface area (Å²) in [6.07, 6.45) is 2.17. The topological polar surface area (TPSA) is 87.5 Å². The van der Waals surface area contributed by atoms with Gasteiger partial charge in [0.1, 0.15) is 0 Å². The van der Waals surface area contributed by atoms with Gasteiger partial charge in [0.05, 0.1) is 5.69 Å². The van der Waals surface area contributed by atoms with Crippen LogP contribution < -0.4 is 15.2 Å². The van der Waals surface area contributed by atoms with Gasteiger partial charge in [-0.25, -0.2) is 5.14 Å². The Balaban J connectivity index is 1.99. The van der Waals surface area contributed by atoms with Gasteiger partial charge in [-0.2, -0.15) is 8.42 Å². The van der Waals surface area contributed by atoms with Crippen LogP contribution in [0.1, 0.15) is 12.8 Å². The number of nitrogens with zero attached hydrogens (tertiary/aromatic N) is 1. The van der Waals surface area contributed by atoms with E-state index in [1.807, 2.05) is 6.07 Å². The SMILES string of the molecule is CN1CCC(Nc2cccc(NS(N)(=O)=O)c2)CC1. The molecule has 106 valence electrons. The lowest BCUT2D eigenvalue weighted by atomic mass is 10.1. The Morgan fingerprint density at radius 3 is 2.53 bits per heavy atom. The number of nitrogens with two attached hydrogens (primary N) is 1. The van der Waals surface area contributed by atoms with Gasteiger partial charge in [-0.05, 0) is 51.2 Å². The summed E-state index contributed by atoms with van der Waals surface area (Å²) in [5.41, 5.74) is 1.38. The number of hydrogen-bond donors (Lipinski definition) is 3. The molecule has 0 spiro atoms. The molecular formula is C12H20N4O2S. The maximum absolute atomic E-state index is 11.0. The lowest BCUT2D eigenvalue weighted by Crippen LogP contribution is -2.36. The van der Waals surface area contributed by atoms with Crippen molar-refractivity contribution < 1.29 is 8.42 Å². The van der Waals surface area contributed by atoms with E-state index in [1.165, 1.54) is 0 Å². The third kappa shape index (κ3) is 4.70. The van der Waals surface area contributed by atoms with Gasteiger partial charge in [-0.15, -0.1) is 0 Å². The summed E-state index contributed by atoms with van der Waals surface area (Å²) in [5, 5.41) is 8.38. The molecule has 1 aliphatic heterocycles. The molecule has 0 saturated carbocycles. The van der Waals surface area contributed by atoms with E-state index in [-0.39, 0.29) is 0 Å². The second kappa shape index (κ2) is 5.77. The summed E-state index contributed by atoms with van der Waals surface area (Å²) in [6.45, 7) is 2.15. The Kier molecular flexibility index (Phi) is 4.28. The fraction of sp³-hybridized carbons (Fsp3) is 0.500. The summed E-state index contributed by atoms with van der Waals surface area (Å²) in [6, 6.07) is 7.57. The minimum atomic E-state index is -3.72. The van der Waals surface area contributed by atoms with Crippen molar-refractivity contribution in [2.75, 3.05) is 30.2 Å². The Labute approximate surface area is 114 Å². The fourth-order valence-corrected chi connectivity index (χ4v) is 2.68. The highest BCUT2D eigenvalue weighted by Gasteiger charge is 2.16. The molecular weight excluding hydrogens is 264 g/mol. The number of hydrogen-bond acceptors (Lipinski definition) is 4. The first kappa shape index (κ1) is 14.1. The highest BCUT2D eigenvalue weighted by Crippen LogP contribution is 2.19. The van der Waals surface area contributed by atoms with E-state index in [0.29, 0.717) is 11.7 Å². The molecule has 0 aliphatic carbocycles. The Bertz CT molecular complexity index is 524. The summed E-state index contributed by atoms with van der Waals surface area (Å²) in [4.78, 5) is 2.30. The van der Waals surface area contributed by atoms with Crippen LogP contribution in [-0.4, -0.2) is 39.5 Å². The van der Waals surface area contributed by atoms with E-state index in [9.17, 15) is 8.42 Å². The van der Waals surface area contributed by atoms with Crippen molar-refractivity contribution in [1.82, 2.24) is 4.90 Å². The highest BCUT2D eigenvalue weighted by molar-refractivity contribution is 7.90. The molecule has 2 rings (SSSR count). The quantitative estimate of drug-likeness (QED) is 0.763. The van der Waals surface area contributed by atoms with E-state index in [4.69, 9.17) is 5.14 Å². The van der Waals surface area contributed by atoms with Gasteiger partial charge in [0, 0.05) is 11.7 Å². The lowest BCUT2D eigenvalue weighted by molar-refractivity contribution is 0.264. The van der Waals surface area contributed by atoms with Crippen molar-refractivity contribution in [3.63, 3.8) is 0 Å². The molecule has 6 nitrogen and oxygen atoms in total. The zero-order valence-corrected chi connectivity index (χ0v) is 11.8. The van der Waals surface area contributed by atoms with Crippen LogP contribution in [0.2, 0.25) is 0 Å². The first-order valence-electron chi connectivity index (χ1n) is 6.28. The average Bonchev–Trinajstić information content (AvgIpc) is 2.30. The number of anilines is 2. The van der Waals surface area contributed by atoms with Gasteiger partial charge in [0.15, 0.2) is 0 Å². The standard InChI is InChI=1S/C12H20N4O2S/c1-16-7-5-10(6-8-16)14-11-3-2-4-12(9-11)15-19(13,17)18/h2-4,9-10,14-15H,5-8H2,1H3,(H2,13,17,18). The molecule has 0 radical (unpaired) electrons. The van der Waals surface area contributed by atoms with Crippen LogP contribution in [0.4, 0.5) is 11.4 Å². The van der Waals surface area contributed by atoms with Gasteiger partial charge >= 0.3 is 0 Å². The van der Waals surface area contributed by atoms with Crippen LogP contribution >= 0.6 is 0 Å². The molecule has 0 aromatic heterocycles. The lowest BCUT2D eigenvalue weighted by Gasteiger charge is -2.30. The largest absolute Gasteiger partial charge is 0.382 e. The molecule has 0 bridgehead atoms. The smallest absolute Gasteiger partial charge is 0.296 e. The minimum Gasteiger partial charge on any atom is -0.382 e. The molecule has 1 saturated heterocycles. The number of benzene rings is 1. The van der Waals surface area contributed by atoms with E-state index >= 15 is 0 Å². The predicted octanol–water partition coefficient (Wildman–Crippen LogP) is 0.808. The number of nitrogens with one attached hydrogen (secondary N) is 2. The molecule has 1 aromatic rings. The summed E-state index contributed by atoms with van der Waals surface area (Å²) in [5.74, 6) is 0. The molecule has 1 heterocycles. The van der Waals surface area contributed by atoms with Crippen LogP contribution in [0, 0.1) is 0 Å².